The van der Waals surface area contributed by atoms with E-state index >= 15 is 0 Å². The van der Waals surface area contributed by atoms with Gasteiger partial charge in [-0.1, -0.05) is 19.1 Å². The maximum Gasteiger partial charge on any atom is 0.0558 e. The van der Waals surface area contributed by atoms with Gasteiger partial charge < -0.3 is 15.3 Å². The molecule has 1 aromatic rings. The molecule has 2 heterocycles. The number of anilines is 1. The SMILES string of the molecule is CCc1ccc2c(c1)C1CN(CCO)CCC1N2. The van der Waals surface area contributed by atoms with E-state index in [1.54, 1.807) is 0 Å². The molecule has 0 amide bonds. The molecular weight excluding hydrogens is 224 g/mol. The molecule has 0 bridgehead atoms. The van der Waals surface area contributed by atoms with E-state index in [1.165, 1.54) is 23.2 Å². The normalized spacial score (nSPS) is 26.6. The zero-order valence-electron chi connectivity index (χ0n) is 11.0. The van der Waals surface area contributed by atoms with Gasteiger partial charge in [0.1, 0.15) is 0 Å². The van der Waals surface area contributed by atoms with Crippen LogP contribution < -0.4 is 5.32 Å². The number of β-amino-alcohol motifs (C(OH)–C–C–N with tert-alkyl or cyclic N) is 1. The number of aliphatic hydroxyl groups excluding tert-OH is 1. The second-order valence-electron chi connectivity index (χ2n) is 5.45. The van der Waals surface area contributed by atoms with Crippen molar-refractivity contribution in [1.82, 2.24) is 4.90 Å². The third-order valence-corrected chi connectivity index (χ3v) is 4.38. The molecule has 3 rings (SSSR count). The molecule has 2 aliphatic rings. The van der Waals surface area contributed by atoms with Gasteiger partial charge in [0.15, 0.2) is 0 Å². The van der Waals surface area contributed by atoms with Crippen LogP contribution in [0.3, 0.4) is 0 Å². The Morgan fingerprint density at radius 1 is 1.44 bits per heavy atom. The summed E-state index contributed by atoms with van der Waals surface area (Å²) in [6, 6.07) is 7.44. The zero-order chi connectivity index (χ0) is 12.5. The van der Waals surface area contributed by atoms with Crippen molar-refractivity contribution in [2.45, 2.75) is 31.7 Å². The fourth-order valence-corrected chi connectivity index (χ4v) is 3.32. The molecule has 1 fully saturated rings. The highest BCUT2D eigenvalue weighted by atomic mass is 16.3. The summed E-state index contributed by atoms with van der Waals surface area (Å²) in [5.74, 6) is 0.604. The summed E-state index contributed by atoms with van der Waals surface area (Å²) < 4.78 is 0. The van der Waals surface area contributed by atoms with E-state index in [1.807, 2.05) is 0 Å². The molecule has 2 unspecified atom stereocenters. The van der Waals surface area contributed by atoms with E-state index in [0.717, 1.165) is 26.1 Å². The molecule has 3 heteroatoms. The van der Waals surface area contributed by atoms with Crippen molar-refractivity contribution in [2.24, 2.45) is 0 Å². The minimum atomic E-state index is 0.271. The fourth-order valence-electron chi connectivity index (χ4n) is 3.32. The number of aliphatic hydroxyl groups is 1. The molecule has 0 aliphatic carbocycles. The van der Waals surface area contributed by atoms with Crippen molar-refractivity contribution in [3.05, 3.63) is 29.3 Å². The third-order valence-electron chi connectivity index (χ3n) is 4.38. The lowest BCUT2D eigenvalue weighted by molar-refractivity contribution is 0.158. The lowest BCUT2D eigenvalue weighted by Gasteiger charge is -2.34. The van der Waals surface area contributed by atoms with Crippen LogP contribution in [0.25, 0.3) is 0 Å². The second kappa shape index (κ2) is 4.90. The number of rotatable bonds is 3. The Kier molecular flexibility index (Phi) is 3.27. The van der Waals surface area contributed by atoms with E-state index in [9.17, 15) is 0 Å². The molecule has 3 nitrogen and oxygen atoms in total. The highest BCUT2D eigenvalue weighted by Crippen LogP contribution is 2.40. The largest absolute Gasteiger partial charge is 0.395 e. The molecule has 0 radical (unpaired) electrons. The van der Waals surface area contributed by atoms with Crippen molar-refractivity contribution in [1.29, 1.82) is 0 Å². The third kappa shape index (κ3) is 2.02. The number of likely N-dealkylation sites (tertiary alicyclic amines) is 1. The van der Waals surface area contributed by atoms with Gasteiger partial charge in [-0.25, -0.2) is 0 Å². The quantitative estimate of drug-likeness (QED) is 0.854. The van der Waals surface area contributed by atoms with Crippen molar-refractivity contribution in [2.75, 3.05) is 31.6 Å². The van der Waals surface area contributed by atoms with Crippen LogP contribution >= 0.6 is 0 Å². The Bertz CT molecular complexity index is 433. The topological polar surface area (TPSA) is 35.5 Å². The van der Waals surface area contributed by atoms with E-state index in [0.29, 0.717) is 12.0 Å². The molecule has 1 saturated heterocycles. The Hall–Kier alpha value is -1.06. The number of fused-ring (bicyclic) bond motifs is 3. The van der Waals surface area contributed by atoms with Crippen molar-refractivity contribution < 1.29 is 5.11 Å². The summed E-state index contributed by atoms with van der Waals surface area (Å²) in [6.45, 7) is 5.47. The monoisotopic (exact) mass is 246 g/mol. The van der Waals surface area contributed by atoms with Crippen LogP contribution in [-0.4, -0.2) is 42.3 Å². The summed E-state index contributed by atoms with van der Waals surface area (Å²) in [7, 11) is 0. The number of hydrogen-bond donors (Lipinski definition) is 2. The van der Waals surface area contributed by atoms with Crippen LogP contribution in [0.1, 0.15) is 30.4 Å². The standard InChI is InChI=1S/C15H22N2O/c1-2-11-3-4-14-12(9-11)13-10-17(7-8-18)6-5-15(13)16-14/h3-4,9,13,15-16,18H,2,5-8,10H2,1H3. The predicted octanol–water partition coefficient (Wildman–Crippen LogP) is 1.82. The molecular formula is C15H22N2O. The Labute approximate surface area is 109 Å². The van der Waals surface area contributed by atoms with E-state index in [4.69, 9.17) is 5.11 Å². The smallest absolute Gasteiger partial charge is 0.0558 e. The predicted molar refractivity (Wildman–Crippen MR) is 74.1 cm³/mol. The van der Waals surface area contributed by atoms with Crippen LogP contribution in [0.15, 0.2) is 18.2 Å². The maximum atomic E-state index is 9.08. The van der Waals surface area contributed by atoms with Crippen LogP contribution in [0.4, 0.5) is 5.69 Å². The molecule has 2 N–H and O–H groups in total. The summed E-state index contributed by atoms with van der Waals surface area (Å²) in [4.78, 5) is 2.39. The summed E-state index contributed by atoms with van der Waals surface area (Å²) in [6.07, 6.45) is 2.28. The van der Waals surface area contributed by atoms with Gasteiger partial charge in [0.2, 0.25) is 0 Å². The van der Waals surface area contributed by atoms with E-state index < -0.39 is 0 Å². The van der Waals surface area contributed by atoms with Crippen LogP contribution in [0.2, 0.25) is 0 Å². The highest BCUT2D eigenvalue weighted by Gasteiger charge is 2.36. The van der Waals surface area contributed by atoms with Crippen molar-refractivity contribution in [3.63, 3.8) is 0 Å². The average molecular weight is 246 g/mol. The minimum Gasteiger partial charge on any atom is -0.395 e. The minimum absolute atomic E-state index is 0.271. The summed E-state index contributed by atoms with van der Waals surface area (Å²) in [5.41, 5.74) is 4.24. The first kappa shape index (κ1) is 12.0. The molecule has 2 atom stereocenters. The van der Waals surface area contributed by atoms with Gasteiger partial charge in [0.05, 0.1) is 6.61 Å². The highest BCUT2D eigenvalue weighted by molar-refractivity contribution is 5.61. The second-order valence-corrected chi connectivity index (χ2v) is 5.45. The Morgan fingerprint density at radius 3 is 3.11 bits per heavy atom. The van der Waals surface area contributed by atoms with Gasteiger partial charge in [0, 0.05) is 37.3 Å². The zero-order valence-corrected chi connectivity index (χ0v) is 11.0. The van der Waals surface area contributed by atoms with Gasteiger partial charge in [-0.2, -0.15) is 0 Å². The number of nitrogens with one attached hydrogen (secondary N) is 1. The average Bonchev–Trinajstić information content (AvgIpc) is 2.76. The van der Waals surface area contributed by atoms with Crippen molar-refractivity contribution >= 4 is 5.69 Å². The number of benzene rings is 1. The Balaban J connectivity index is 1.84. The molecule has 2 aliphatic heterocycles. The molecule has 0 spiro atoms. The summed E-state index contributed by atoms with van der Waals surface area (Å²) in [5, 5.41) is 12.7. The van der Waals surface area contributed by atoms with Crippen LogP contribution in [-0.2, 0) is 6.42 Å². The van der Waals surface area contributed by atoms with Crippen LogP contribution in [0.5, 0.6) is 0 Å². The first-order valence-electron chi connectivity index (χ1n) is 7.04. The molecule has 0 aromatic heterocycles. The number of aryl methyl sites for hydroxylation is 1. The van der Waals surface area contributed by atoms with Gasteiger partial charge >= 0.3 is 0 Å². The molecule has 18 heavy (non-hydrogen) atoms. The van der Waals surface area contributed by atoms with Gasteiger partial charge in [-0.15, -0.1) is 0 Å². The molecule has 1 aromatic carbocycles. The summed E-state index contributed by atoms with van der Waals surface area (Å²) >= 11 is 0. The van der Waals surface area contributed by atoms with Gasteiger partial charge in [0.25, 0.3) is 0 Å². The number of nitrogens with zero attached hydrogens (tertiary/aromatic N) is 1. The van der Waals surface area contributed by atoms with Crippen molar-refractivity contribution in [3.8, 4) is 0 Å². The Morgan fingerprint density at radius 2 is 2.33 bits per heavy atom. The number of piperidine rings is 1. The number of hydrogen-bond acceptors (Lipinski definition) is 3. The fraction of sp³-hybridized carbons (Fsp3) is 0.600. The van der Waals surface area contributed by atoms with E-state index in [-0.39, 0.29) is 6.61 Å². The first-order chi connectivity index (χ1) is 8.81. The molecule has 0 saturated carbocycles. The van der Waals surface area contributed by atoms with E-state index in [2.05, 4.69) is 35.3 Å². The maximum absolute atomic E-state index is 9.08. The lowest BCUT2D eigenvalue weighted by Crippen LogP contribution is -2.43. The van der Waals surface area contributed by atoms with Gasteiger partial charge in [-0.05, 0) is 30.0 Å². The van der Waals surface area contributed by atoms with Gasteiger partial charge in [-0.3, -0.25) is 0 Å². The lowest BCUT2D eigenvalue weighted by atomic mass is 9.88. The molecule has 98 valence electrons. The first-order valence-corrected chi connectivity index (χ1v) is 7.04. The van der Waals surface area contributed by atoms with Crippen LogP contribution in [0, 0.1) is 0 Å².